The SMILES string of the molecule is Nc1ccc(C#Cc2ccc(OCCCN3CCC4(COC4)C3)cc2F)cc1. The van der Waals surface area contributed by atoms with Crippen molar-refractivity contribution in [3.05, 3.63) is 59.4 Å². The maximum atomic E-state index is 14.3. The molecule has 1 spiro atoms. The van der Waals surface area contributed by atoms with E-state index in [9.17, 15) is 4.39 Å². The third-order valence-corrected chi connectivity index (χ3v) is 5.41. The Bertz CT molecular complexity index is 882. The number of halogens is 1. The molecule has 2 fully saturated rings. The third kappa shape index (κ3) is 4.46. The number of nitrogens with zero attached hydrogens (tertiary/aromatic N) is 1. The second-order valence-electron chi connectivity index (χ2n) is 7.73. The molecule has 2 aromatic rings. The lowest BCUT2D eigenvalue weighted by atomic mass is 9.85. The van der Waals surface area contributed by atoms with E-state index in [1.165, 1.54) is 12.5 Å². The Morgan fingerprint density at radius 3 is 2.64 bits per heavy atom. The maximum Gasteiger partial charge on any atom is 0.142 e. The van der Waals surface area contributed by atoms with E-state index >= 15 is 0 Å². The molecule has 2 N–H and O–H groups in total. The monoisotopic (exact) mass is 380 g/mol. The minimum Gasteiger partial charge on any atom is -0.493 e. The van der Waals surface area contributed by atoms with Crippen LogP contribution < -0.4 is 10.5 Å². The highest BCUT2D eigenvalue weighted by Crippen LogP contribution is 2.37. The van der Waals surface area contributed by atoms with E-state index in [2.05, 4.69) is 16.7 Å². The van der Waals surface area contributed by atoms with Crippen LogP contribution in [0.25, 0.3) is 0 Å². The van der Waals surface area contributed by atoms with Gasteiger partial charge in [-0.3, -0.25) is 0 Å². The largest absolute Gasteiger partial charge is 0.493 e. The van der Waals surface area contributed by atoms with E-state index in [4.69, 9.17) is 15.2 Å². The normalized spacial score (nSPS) is 17.8. The Kier molecular flexibility index (Phi) is 5.52. The molecule has 146 valence electrons. The predicted molar refractivity (Wildman–Crippen MR) is 108 cm³/mol. The number of hydrogen-bond donors (Lipinski definition) is 1. The van der Waals surface area contributed by atoms with Gasteiger partial charge in [-0.25, -0.2) is 4.39 Å². The summed E-state index contributed by atoms with van der Waals surface area (Å²) < 4.78 is 25.4. The van der Waals surface area contributed by atoms with Gasteiger partial charge in [0.05, 0.1) is 25.4 Å². The van der Waals surface area contributed by atoms with Gasteiger partial charge < -0.3 is 20.1 Å². The molecule has 0 saturated carbocycles. The third-order valence-electron chi connectivity index (χ3n) is 5.41. The van der Waals surface area contributed by atoms with Crippen molar-refractivity contribution in [1.82, 2.24) is 4.90 Å². The number of nitrogens with two attached hydrogens (primary N) is 1. The lowest BCUT2D eigenvalue weighted by Crippen LogP contribution is -2.44. The predicted octanol–water partition coefficient (Wildman–Crippen LogP) is 3.30. The van der Waals surface area contributed by atoms with Crippen molar-refractivity contribution in [1.29, 1.82) is 0 Å². The van der Waals surface area contributed by atoms with Crippen LogP contribution in [0.2, 0.25) is 0 Å². The second kappa shape index (κ2) is 8.22. The molecule has 4 nitrogen and oxygen atoms in total. The van der Waals surface area contributed by atoms with Crippen LogP contribution >= 0.6 is 0 Å². The Hall–Kier alpha value is -2.55. The zero-order chi connectivity index (χ0) is 19.4. The molecule has 0 aromatic heterocycles. The number of ether oxygens (including phenoxy) is 2. The van der Waals surface area contributed by atoms with Gasteiger partial charge >= 0.3 is 0 Å². The van der Waals surface area contributed by atoms with Crippen molar-refractivity contribution in [2.24, 2.45) is 5.41 Å². The Morgan fingerprint density at radius 2 is 1.96 bits per heavy atom. The fraction of sp³-hybridized carbons (Fsp3) is 0.391. The summed E-state index contributed by atoms with van der Waals surface area (Å²) in [7, 11) is 0. The van der Waals surface area contributed by atoms with E-state index in [1.807, 2.05) is 12.1 Å². The molecule has 4 rings (SSSR count). The number of likely N-dealkylation sites (tertiary alicyclic amines) is 1. The Morgan fingerprint density at radius 1 is 1.14 bits per heavy atom. The summed E-state index contributed by atoms with van der Waals surface area (Å²) in [6.45, 7) is 5.67. The van der Waals surface area contributed by atoms with Crippen molar-refractivity contribution in [2.45, 2.75) is 12.8 Å². The average molecular weight is 380 g/mol. The van der Waals surface area contributed by atoms with Crippen LogP contribution in [0.3, 0.4) is 0 Å². The summed E-state index contributed by atoms with van der Waals surface area (Å²) in [5.41, 5.74) is 7.91. The number of hydrogen-bond acceptors (Lipinski definition) is 4. The molecule has 28 heavy (non-hydrogen) atoms. The van der Waals surface area contributed by atoms with Crippen molar-refractivity contribution in [3.63, 3.8) is 0 Å². The molecule has 0 aliphatic carbocycles. The first-order valence-corrected chi connectivity index (χ1v) is 9.72. The van der Waals surface area contributed by atoms with Gasteiger partial charge in [-0.1, -0.05) is 11.8 Å². The minimum atomic E-state index is -0.369. The van der Waals surface area contributed by atoms with Crippen molar-refractivity contribution < 1.29 is 13.9 Å². The highest BCUT2D eigenvalue weighted by atomic mass is 19.1. The summed E-state index contributed by atoms with van der Waals surface area (Å²) in [5, 5.41) is 0. The van der Waals surface area contributed by atoms with Crippen molar-refractivity contribution in [3.8, 4) is 17.6 Å². The summed E-state index contributed by atoms with van der Waals surface area (Å²) in [4.78, 5) is 2.47. The van der Waals surface area contributed by atoms with Crippen LogP contribution in [0.15, 0.2) is 42.5 Å². The van der Waals surface area contributed by atoms with Crippen LogP contribution in [0.5, 0.6) is 5.75 Å². The van der Waals surface area contributed by atoms with Gasteiger partial charge in [0.25, 0.3) is 0 Å². The highest BCUT2D eigenvalue weighted by molar-refractivity contribution is 5.48. The topological polar surface area (TPSA) is 47.7 Å². The lowest BCUT2D eigenvalue weighted by molar-refractivity contribution is -0.105. The van der Waals surface area contributed by atoms with Gasteiger partial charge in [0, 0.05) is 35.8 Å². The first-order chi connectivity index (χ1) is 13.6. The van der Waals surface area contributed by atoms with E-state index in [1.54, 1.807) is 24.3 Å². The summed E-state index contributed by atoms with van der Waals surface area (Å²) >= 11 is 0. The van der Waals surface area contributed by atoms with Gasteiger partial charge in [-0.05, 0) is 55.8 Å². The fourth-order valence-corrected chi connectivity index (χ4v) is 3.72. The molecule has 2 aliphatic rings. The van der Waals surface area contributed by atoms with E-state index in [0.29, 0.717) is 29.0 Å². The number of rotatable bonds is 5. The van der Waals surface area contributed by atoms with Crippen LogP contribution in [0.1, 0.15) is 24.0 Å². The van der Waals surface area contributed by atoms with Crippen molar-refractivity contribution in [2.75, 3.05) is 45.2 Å². The van der Waals surface area contributed by atoms with Gasteiger partial charge in [-0.2, -0.15) is 0 Å². The molecule has 5 heteroatoms. The quantitative estimate of drug-likeness (QED) is 0.491. The molecule has 0 unspecified atom stereocenters. The second-order valence-corrected chi connectivity index (χ2v) is 7.73. The molecular formula is C23H25FN2O2. The molecule has 2 heterocycles. The first kappa shape index (κ1) is 18.8. The Balaban J connectivity index is 1.25. The molecular weight excluding hydrogens is 355 g/mol. The molecule has 2 aromatic carbocycles. The first-order valence-electron chi connectivity index (χ1n) is 9.72. The molecule has 2 aliphatic heterocycles. The van der Waals surface area contributed by atoms with Crippen molar-refractivity contribution >= 4 is 5.69 Å². The maximum absolute atomic E-state index is 14.3. The average Bonchev–Trinajstić information content (AvgIpc) is 3.11. The van der Waals surface area contributed by atoms with E-state index < -0.39 is 0 Å². The van der Waals surface area contributed by atoms with Gasteiger partial charge in [0.1, 0.15) is 11.6 Å². The molecule has 0 atom stereocenters. The number of benzene rings is 2. The molecule has 0 radical (unpaired) electrons. The zero-order valence-electron chi connectivity index (χ0n) is 15.9. The Labute approximate surface area is 165 Å². The lowest BCUT2D eigenvalue weighted by Gasteiger charge is -2.37. The van der Waals surface area contributed by atoms with E-state index in [0.717, 1.165) is 44.8 Å². The summed E-state index contributed by atoms with van der Waals surface area (Å²) in [6, 6.07) is 12.0. The van der Waals surface area contributed by atoms with Gasteiger partial charge in [-0.15, -0.1) is 0 Å². The minimum absolute atomic E-state index is 0.356. The van der Waals surface area contributed by atoms with E-state index in [-0.39, 0.29) is 5.82 Å². The smallest absolute Gasteiger partial charge is 0.142 e. The fourth-order valence-electron chi connectivity index (χ4n) is 3.72. The number of anilines is 1. The zero-order valence-corrected chi connectivity index (χ0v) is 15.9. The summed E-state index contributed by atoms with van der Waals surface area (Å²) in [6.07, 6.45) is 2.16. The van der Waals surface area contributed by atoms with Gasteiger partial charge in [0.2, 0.25) is 0 Å². The molecule has 0 amide bonds. The molecule has 2 saturated heterocycles. The van der Waals surface area contributed by atoms with Gasteiger partial charge in [0.15, 0.2) is 0 Å². The number of nitrogen functional groups attached to an aromatic ring is 1. The van der Waals surface area contributed by atoms with Crippen LogP contribution in [-0.2, 0) is 4.74 Å². The van der Waals surface area contributed by atoms with Crippen LogP contribution in [0, 0.1) is 23.1 Å². The standard InChI is InChI=1S/C23H25FN2O2/c24-22-14-21(9-6-19(22)5-2-18-3-7-20(25)8-4-18)28-13-1-11-26-12-10-23(15-26)16-27-17-23/h3-4,6-9,14H,1,10-13,15-17,25H2. The highest BCUT2D eigenvalue weighted by Gasteiger charge is 2.43. The summed E-state index contributed by atoms with van der Waals surface area (Å²) in [5.74, 6) is 5.98. The van der Waals surface area contributed by atoms with Crippen LogP contribution in [-0.4, -0.2) is 44.4 Å². The molecule has 0 bridgehead atoms. The van der Waals surface area contributed by atoms with Crippen LogP contribution in [0.4, 0.5) is 10.1 Å².